The Kier molecular flexibility index (Phi) is 9.78. The van der Waals surface area contributed by atoms with Crippen molar-refractivity contribution in [2.24, 2.45) is 0 Å². The second-order valence-electron chi connectivity index (χ2n) is 13.6. The van der Waals surface area contributed by atoms with Crippen molar-refractivity contribution in [1.82, 2.24) is 40.6 Å². The van der Waals surface area contributed by atoms with Crippen LogP contribution in [0.3, 0.4) is 0 Å². The molecule has 3 fully saturated rings. The number of anilines is 1. The third-order valence-electron chi connectivity index (χ3n) is 10.5. The lowest BCUT2D eigenvalue weighted by Crippen LogP contribution is -2.56. The van der Waals surface area contributed by atoms with Crippen molar-refractivity contribution in [3.05, 3.63) is 59.3 Å². The van der Waals surface area contributed by atoms with E-state index in [1.54, 1.807) is 11.3 Å². The van der Waals surface area contributed by atoms with E-state index in [9.17, 15) is 14.4 Å². The molecule has 2 aromatic carbocycles. The number of urea groups is 1. The summed E-state index contributed by atoms with van der Waals surface area (Å²) in [7, 11) is 0. The zero-order chi connectivity index (χ0) is 33.0. The van der Waals surface area contributed by atoms with Crippen molar-refractivity contribution in [2.45, 2.75) is 63.6 Å². The molecule has 4 aliphatic heterocycles. The van der Waals surface area contributed by atoms with Gasteiger partial charge in [0.25, 0.3) is 0 Å². The summed E-state index contributed by atoms with van der Waals surface area (Å²) in [5, 5.41) is 19.2. The highest BCUT2D eigenvalue weighted by Gasteiger charge is 2.34. The number of para-hydroxylation sites is 1. The van der Waals surface area contributed by atoms with Gasteiger partial charge < -0.3 is 30.6 Å². The predicted octanol–water partition coefficient (Wildman–Crippen LogP) is 2.87. The average Bonchev–Trinajstić information content (AvgIpc) is 3.52. The van der Waals surface area contributed by atoms with Gasteiger partial charge in [-0.1, -0.05) is 24.3 Å². The number of likely N-dealkylation sites (tertiary alicyclic amines) is 1. The molecule has 0 spiro atoms. The van der Waals surface area contributed by atoms with E-state index in [0.29, 0.717) is 58.0 Å². The van der Waals surface area contributed by atoms with Crippen LogP contribution in [-0.2, 0) is 22.5 Å². The fourth-order valence-corrected chi connectivity index (χ4v) is 7.85. The van der Waals surface area contributed by atoms with Crippen LogP contribution < -0.4 is 16.0 Å². The standard InChI is InChI=1S/C35H47N9O4/c1-24-20-25(21-27-23-37-40-32(24)27)22-31(33(45)42-13-7-28(8-14-42)41-18-11-36-12-19-41)39-35(47)48-43-15-9-29(10-16-43)44-17-6-26-4-2-3-5-30(26)38-34(44)46/h2-5,20-21,23,28-29,31,36H,6-19,22H2,1H3,(H,37,40)(H,38,46)(H,39,47). The van der Waals surface area contributed by atoms with Gasteiger partial charge in [0, 0.05) is 88.5 Å². The highest BCUT2D eigenvalue weighted by Crippen LogP contribution is 2.25. The number of amides is 4. The molecule has 48 heavy (non-hydrogen) atoms. The van der Waals surface area contributed by atoms with Crippen molar-refractivity contribution in [3.63, 3.8) is 0 Å². The number of piperidine rings is 2. The Hall–Kier alpha value is -4.20. The summed E-state index contributed by atoms with van der Waals surface area (Å²) in [4.78, 5) is 52.6. The lowest BCUT2D eigenvalue weighted by atomic mass is 9.98. The summed E-state index contributed by atoms with van der Waals surface area (Å²) in [5.41, 5.74) is 4.97. The lowest BCUT2D eigenvalue weighted by Gasteiger charge is -2.41. The molecule has 0 saturated carbocycles. The number of carbonyl (C=O) groups is 3. The van der Waals surface area contributed by atoms with Gasteiger partial charge >= 0.3 is 12.1 Å². The van der Waals surface area contributed by atoms with E-state index in [2.05, 4.69) is 37.1 Å². The number of hydrogen-bond acceptors (Lipinski definition) is 8. The number of hydrogen-bond donors (Lipinski definition) is 4. The number of fused-ring (bicyclic) bond motifs is 2. The fraction of sp³-hybridized carbons (Fsp3) is 0.543. The molecule has 3 saturated heterocycles. The number of nitrogens with one attached hydrogen (secondary N) is 4. The molecular weight excluding hydrogens is 610 g/mol. The van der Waals surface area contributed by atoms with E-state index in [4.69, 9.17) is 4.84 Å². The second kappa shape index (κ2) is 14.5. The number of aryl methyl sites for hydroxylation is 1. The first-order valence-electron chi connectivity index (χ1n) is 17.5. The topological polar surface area (TPSA) is 138 Å². The zero-order valence-electron chi connectivity index (χ0n) is 27.7. The van der Waals surface area contributed by atoms with Gasteiger partial charge in [0.1, 0.15) is 6.04 Å². The first-order chi connectivity index (χ1) is 23.4. The molecule has 3 aromatic rings. The second-order valence-corrected chi connectivity index (χ2v) is 13.6. The molecule has 5 heterocycles. The van der Waals surface area contributed by atoms with Crippen LogP contribution in [0.5, 0.6) is 0 Å². The van der Waals surface area contributed by atoms with Gasteiger partial charge in [-0.15, -0.1) is 5.06 Å². The first kappa shape index (κ1) is 32.4. The Morgan fingerprint density at radius 2 is 1.73 bits per heavy atom. The average molecular weight is 658 g/mol. The summed E-state index contributed by atoms with van der Waals surface area (Å²) in [6, 6.07) is 11.7. The van der Waals surface area contributed by atoms with Gasteiger partial charge in [0.2, 0.25) is 5.91 Å². The number of aromatic nitrogens is 2. The van der Waals surface area contributed by atoms with Crippen LogP contribution >= 0.6 is 0 Å². The molecule has 13 heteroatoms. The molecule has 7 rings (SSSR count). The number of rotatable bonds is 7. The van der Waals surface area contributed by atoms with Crippen LogP contribution in [0.2, 0.25) is 0 Å². The van der Waals surface area contributed by atoms with Gasteiger partial charge in [-0.3, -0.25) is 14.8 Å². The Labute approximate surface area is 281 Å². The summed E-state index contributed by atoms with van der Waals surface area (Å²) >= 11 is 0. The van der Waals surface area contributed by atoms with E-state index in [1.165, 1.54) is 0 Å². The highest BCUT2D eigenvalue weighted by molar-refractivity contribution is 5.91. The van der Waals surface area contributed by atoms with E-state index in [0.717, 1.165) is 78.7 Å². The highest BCUT2D eigenvalue weighted by atomic mass is 16.7. The SMILES string of the molecule is Cc1cc(CC(NC(=O)ON2CCC(N3CCc4ccccc4NC3=O)CC2)C(=O)N2CCC(N3CCNCC3)CC2)cc2cn[nH]c12. The smallest absolute Gasteiger partial charge is 0.351 e. The van der Waals surface area contributed by atoms with Crippen molar-refractivity contribution >= 4 is 34.6 Å². The monoisotopic (exact) mass is 657 g/mol. The fourth-order valence-electron chi connectivity index (χ4n) is 7.85. The number of H-pyrrole nitrogens is 1. The molecule has 13 nitrogen and oxygen atoms in total. The normalized spacial score (nSPS) is 21.0. The molecule has 4 N–H and O–H groups in total. The number of carbonyl (C=O) groups excluding carboxylic acids is 3. The number of piperazine rings is 1. The van der Waals surface area contributed by atoms with Crippen LogP contribution in [0.1, 0.15) is 42.4 Å². The summed E-state index contributed by atoms with van der Waals surface area (Å²) in [6.07, 6.45) is 5.52. The number of aromatic amines is 1. The number of hydroxylamine groups is 2. The molecule has 256 valence electrons. The number of benzene rings is 2. The van der Waals surface area contributed by atoms with Gasteiger partial charge in [-0.05, 0) is 67.9 Å². The van der Waals surface area contributed by atoms with Crippen molar-refractivity contribution < 1.29 is 19.2 Å². The van der Waals surface area contributed by atoms with E-state index < -0.39 is 12.1 Å². The Morgan fingerprint density at radius 3 is 2.52 bits per heavy atom. The molecule has 0 bridgehead atoms. The van der Waals surface area contributed by atoms with E-state index in [-0.39, 0.29) is 18.0 Å². The van der Waals surface area contributed by atoms with Crippen LogP contribution in [0.4, 0.5) is 15.3 Å². The van der Waals surface area contributed by atoms with Crippen LogP contribution in [0.15, 0.2) is 42.6 Å². The van der Waals surface area contributed by atoms with Crippen LogP contribution in [-0.4, -0.2) is 125 Å². The minimum Gasteiger partial charge on any atom is -0.351 e. The minimum atomic E-state index is -0.767. The van der Waals surface area contributed by atoms with Gasteiger partial charge in [-0.2, -0.15) is 5.10 Å². The Bertz CT molecular complexity index is 1610. The molecule has 0 radical (unpaired) electrons. The maximum Gasteiger partial charge on any atom is 0.426 e. The Balaban J connectivity index is 0.967. The van der Waals surface area contributed by atoms with Gasteiger partial charge in [0.05, 0.1) is 11.7 Å². The molecular formula is C35H47N9O4. The van der Waals surface area contributed by atoms with E-state index >= 15 is 0 Å². The summed E-state index contributed by atoms with van der Waals surface area (Å²) in [5.74, 6) is -0.0810. The molecule has 1 aromatic heterocycles. The third-order valence-corrected chi connectivity index (χ3v) is 10.5. The van der Waals surface area contributed by atoms with Crippen LogP contribution in [0.25, 0.3) is 10.9 Å². The van der Waals surface area contributed by atoms with Crippen molar-refractivity contribution in [3.8, 4) is 0 Å². The zero-order valence-corrected chi connectivity index (χ0v) is 27.7. The summed E-state index contributed by atoms with van der Waals surface area (Å²) in [6.45, 7) is 9.11. The third kappa shape index (κ3) is 7.27. The van der Waals surface area contributed by atoms with Crippen LogP contribution in [0, 0.1) is 6.92 Å². The molecule has 0 aliphatic carbocycles. The molecule has 4 aliphatic rings. The first-order valence-corrected chi connectivity index (χ1v) is 17.5. The summed E-state index contributed by atoms with van der Waals surface area (Å²) < 4.78 is 0. The quantitative estimate of drug-likeness (QED) is 0.305. The Morgan fingerprint density at radius 1 is 0.979 bits per heavy atom. The van der Waals surface area contributed by atoms with Gasteiger partial charge in [-0.25, -0.2) is 9.59 Å². The molecule has 4 amide bonds. The van der Waals surface area contributed by atoms with Crippen molar-refractivity contribution in [1.29, 1.82) is 0 Å². The molecule has 1 unspecified atom stereocenters. The predicted molar refractivity (Wildman–Crippen MR) is 182 cm³/mol. The van der Waals surface area contributed by atoms with Gasteiger partial charge in [0.15, 0.2) is 0 Å². The lowest BCUT2D eigenvalue weighted by molar-refractivity contribution is -0.137. The van der Waals surface area contributed by atoms with Crippen molar-refractivity contribution in [2.75, 3.05) is 64.2 Å². The maximum atomic E-state index is 14.0. The van der Waals surface area contributed by atoms with E-state index in [1.807, 2.05) is 47.1 Å². The number of nitrogens with zero attached hydrogens (tertiary/aromatic N) is 5. The molecule has 1 atom stereocenters. The minimum absolute atomic E-state index is 0.0572. The maximum absolute atomic E-state index is 14.0. The largest absolute Gasteiger partial charge is 0.426 e.